The molecule has 0 radical (unpaired) electrons. The Morgan fingerprint density at radius 1 is 1.05 bits per heavy atom. The summed E-state index contributed by atoms with van der Waals surface area (Å²) in [6.07, 6.45) is 1.95. The first-order chi connectivity index (χ1) is 10.4. The van der Waals surface area contributed by atoms with Crippen molar-refractivity contribution in [3.05, 3.63) is 65.0 Å². The lowest BCUT2D eigenvalue weighted by atomic mass is 10.1. The fraction of sp³-hybridized carbons (Fsp3) is 0.188. The molecule has 2 nitrogen and oxygen atoms in total. The highest BCUT2D eigenvalue weighted by molar-refractivity contribution is 7.98. The van der Waals surface area contributed by atoms with Gasteiger partial charge in [-0.2, -0.15) is 0 Å². The molecule has 0 aromatic heterocycles. The Morgan fingerprint density at radius 2 is 1.68 bits per heavy atom. The predicted octanol–water partition coefficient (Wildman–Crippen LogP) is 4.32. The van der Waals surface area contributed by atoms with E-state index < -0.39 is 35.0 Å². The summed E-state index contributed by atoms with van der Waals surface area (Å²) >= 11 is 1.59. The van der Waals surface area contributed by atoms with Crippen molar-refractivity contribution < 1.29 is 18.0 Å². The fourth-order valence-electron chi connectivity index (χ4n) is 1.95. The highest BCUT2D eigenvalue weighted by Crippen LogP contribution is 2.20. The maximum absolute atomic E-state index is 13.6. The van der Waals surface area contributed by atoms with Crippen LogP contribution in [0.25, 0.3) is 0 Å². The van der Waals surface area contributed by atoms with Gasteiger partial charge in [0.15, 0.2) is 17.5 Å². The maximum Gasteiger partial charge on any atom is 0.254 e. The van der Waals surface area contributed by atoms with Gasteiger partial charge in [-0.15, -0.1) is 11.8 Å². The number of thioether (sulfide) groups is 1. The summed E-state index contributed by atoms with van der Waals surface area (Å²) in [6, 6.07) is 8.76. The van der Waals surface area contributed by atoms with E-state index >= 15 is 0 Å². The number of amides is 1. The smallest absolute Gasteiger partial charge is 0.254 e. The van der Waals surface area contributed by atoms with E-state index in [0.717, 1.165) is 22.6 Å². The first kappa shape index (κ1) is 16.4. The van der Waals surface area contributed by atoms with Gasteiger partial charge >= 0.3 is 0 Å². The van der Waals surface area contributed by atoms with Crippen molar-refractivity contribution in [2.24, 2.45) is 0 Å². The van der Waals surface area contributed by atoms with Gasteiger partial charge in [0, 0.05) is 4.90 Å². The van der Waals surface area contributed by atoms with Gasteiger partial charge in [0.1, 0.15) is 0 Å². The van der Waals surface area contributed by atoms with Gasteiger partial charge < -0.3 is 5.32 Å². The molecule has 0 heterocycles. The standard InChI is InChI=1S/C16H14F3NOS/c1-9(10-3-5-11(22-2)6-4-10)20-16(21)12-7-8-13(17)15(19)14(12)18/h3-9H,1-2H3,(H,20,21). The number of carbonyl (C=O) groups excluding carboxylic acids is 1. The van der Waals surface area contributed by atoms with Crippen molar-refractivity contribution in [3.63, 3.8) is 0 Å². The number of rotatable bonds is 4. The molecular formula is C16H14F3NOS. The number of halogens is 3. The van der Waals surface area contributed by atoms with Crippen LogP contribution < -0.4 is 5.32 Å². The highest BCUT2D eigenvalue weighted by atomic mass is 32.2. The lowest BCUT2D eigenvalue weighted by molar-refractivity contribution is 0.0934. The molecule has 116 valence electrons. The van der Waals surface area contributed by atoms with Crippen LogP contribution in [0.3, 0.4) is 0 Å². The summed E-state index contributed by atoms with van der Waals surface area (Å²) in [5.74, 6) is -5.25. The van der Waals surface area contributed by atoms with E-state index in [1.54, 1.807) is 18.7 Å². The Bertz CT molecular complexity index is 689. The van der Waals surface area contributed by atoms with Crippen molar-refractivity contribution >= 4 is 17.7 Å². The summed E-state index contributed by atoms with van der Waals surface area (Å²) in [7, 11) is 0. The molecule has 1 N–H and O–H groups in total. The topological polar surface area (TPSA) is 29.1 Å². The van der Waals surface area contributed by atoms with E-state index in [2.05, 4.69) is 5.32 Å². The van der Waals surface area contributed by atoms with E-state index in [9.17, 15) is 18.0 Å². The molecule has 0 fully saturated rings. The molecule has 0 saturated heterocycles. The maximum atomic E-state index is 13.6. The lowest BCUT2D eigenvalue weighted by Crippen LogP contribution is -2.27. The van der Waals surface area contributed by atoms with Crippen LogP contribution in [0.4, 0.5) is 13.2 Å². The minimum absolute atomic E-state index is 0.393. The Labute approximate surface area is 130 Å². The zero-order chi connectivity index (χ0) is 16.3. The lowest BCUT2D eigenvalue weighted by Gasteiger charge is -2.15. The molecule has 0 spiro atoms. The molecule has 2 rings (SSSR count). The molecule has 0 bridgehead atoms. The van der Waals surface area contributed by atoms with Gasteiger partial charge in [-0.3, -0.25) is 4.79 Å². The van der Waals surface area contributed by atoms with Gasteiger partial charge in [0.25, 0.3) is 5.91 Å². The van der Waals surface area contributed by atoms with Crippen molar-refractivity contribution in [2.45, 2.75) is 17.9 Å². The van der Waals surface area contributed by atoms with Crippen LogP contribution in [0, 0.1) is 17.5 Å². The minimum atomic E-state index is -1.65. The number of carbonyl (C=O) groups is 1. The molecule has 2 aromatic carbocycles. The summed E-state index contributed by atoms with van der Waals surface area (Å²) in [5, 5.41) is 2.56. The van der Waals surface area contributed by atoms with Crippen molar-refractivity contribution in [1.29, 1.82) is 0 Å². The normalized spacial score (nSPS) is 12.0. The first-order valence-electron chi connectivity index (χ1n) is 6.52. The molecule has 22 heavy (non-hydrogen) atoms. The van der Waals surface area contributed by atoms with E-state index in [-0.39, 0.29) is 0 Å². The molecule has 1 atom stereocenters. The van der Waals surface area contributed by atoms with Gasteiger partial charge in [0.05, 0.1) is 11.6 Å². The molecule has 2 aromatic rings. The summed E-state index contributed by atoms with van der Waals surface area (Å²) in [5.41, 5.74) is 0.306. The van der Waals surface area contributed by atoms with Gasteiger partial charge in [-0.1, -0.05) is 12.1 Å². The zero-order valence-corrected chi connectivity index (χ0v) is 12.8. The minimum Gasteiger partial charge on any atom is -0.345 e. The van der Waals surface area contributed by atoms with Crippen LogP contribution in [0.5, 0.6) is 0 Å². The van der Waals surface area contributed by atoms with E-state index in [1.165, 1.54) is 0 Å². The van der Waals surface area contributed by atoms with Crippen LogP contribution in [-0.2, 0) is 0 Å². The molecule has 1 amide bonds. The SMILES string of the molecule is CSc1ccc(C(C)NC(=O)c2ccc(F)c(F)c2F)cc1. The third-order valence-electron chi connectivity index (χ3n) is 3.24. The largest absolute Gasteiger partial charge is 0.345 e. The molecule has 6 heteroatoms. The quantitative estimate of drug-likeness (QED) is 0.670. The summed E-state index contributed by atoms with van der Waals surface area (Å²) in [6.45, 7) is 1.73. The fourth-order valence-corrected chi connectivity index (χ4v) is 2.36. The molecule has 0 saturated carbocycles. The third kappa shape index (κ3) is 3.44. The van der Waals surface area contributed by atoms with Crippen LogP contribution >= 0.6 is 11.8 Å². The molecule has 0 aliphatic heterocycles. The number of benzene rings is 2. The Kier molecular flexibility index (Phi) is 5.13. The molecule has 1 unspecified atom stereocenters. The first-order valence-corrected chi connectivity index (χ1v) is 7.74. The van der Waals surface area contributed by atoms with Crippen molar-refractivity contribution in [2.75, 3.05) is 6.26 Å². The average Bonchev–Trinajstić information content (AvgIpc) is 2.52. The van der Waals surface area contributed by atoms with Crippen LogP contribution in [0.2, 0.25) is 0 Å². The van der Waals surface area contributed by atoms with Gasteiger partial charge in [-0.25, -0.2) is 13.2 Å². The van der Waals surface area contributed by atoms with Crippen LogP contribution in [0.15, 0.2) is 41.3 Å². The third-order valence-corrected chi connectivity index (χ3v) is 3.99. The molecular weight excluding hydrogens is 311 g/mol. The van der Waals surface area contributed by atoms with E-state index in [0.29, 0.717) is 0 Å². The second kappa shape index (κ2) is 6.87. The number of hydrogen-bond acceptors (Lipinski definition) is 2. The second-order valence-corrected chi connectivity index (χ2v) is 5.57. The molecule has 0 aliphatic rings. The Hall–Kier alpha value is -1.95. The highest BCUT2D eigenvalue weighted by Gasteiger charge is 2.20. The Morgan fingerprint density at radius 3 is 2.27 bits per heavy atom. The Balaban J connectivity index is 2.15. The summed E-state index contributed by atoms with van der Waals surface area (Å²) in [4.78, 5) is 13.1. The van der Waals surface area contributed by atoms with E-state index in [1.807, 2.05) is 30.5 Å². The monoisotopic (exact) mass is 325 g/mol. The van der Waals surface area contributed by atoms with Crippen LogP contribution in [-0.4, -0.2) is 12.2 Å². The average molecular weight is 325 g/mol. The second-order valence-electron chi connectivity index (χ2n) is 4.69. The van der Waals surface area contributed by atoms with Gasteiger partial charge in [0.2, 0.25) is 0 Å². The number of nitrogens with one attached hydrogen (secondary N) is 1. The summed E-state index contributed by atoms with van der Waals surface area (Å²) < 4.78 is 39.6. The number of hydrogen-bond donors (Lipinski definition) is 1. The van der Waals surface area contributed by atoms with E-state index in [4.69, 9.17) is 0 Å². The van der Waals surface area contributed by atoms with Gasteiger partial charge in [-0.05, 0) is 43.0 Å². The van der Waals surface area contributed by atoms with Crippen LogP contribution in [0.1, 0.15) is 28.9 Å². The molecule has 0 aliphatic carbocycles. The predicted molar refractivity (Wildman–Crippen MR) is 80.4 cm³/mol. The van der Waals surface area contributed by atoms with Crippen molar-refractivity contribution in [1.82, 2.24) is 5.32 Å². The zero-order valence-electron chi connectivity index (χ0n) is 12.0. The van der Waals surface area contributed by atoms with Crippen molar-refractivity contribution in [3.8, 4) is 0 Å².